The predicted octanol–water partition coefficient (Wildman–Crippen LogP) is 4.31. The lowest BCUT2D eigenvalue weighted by Crippen LogP contribution is -2.26. The lowest BCUT2D eigenvalue weighted by atomic mass is 10.1. The highest BCUT2D eigenvalue weighted by atomic mass is 16.2. The summed E-state index contributed by atoms with van der Waals surface area (Å²) < 4.78 is 0. The van der Waals surface area contributed by atoms with Crippen LogP contribution in [0.1, 0.15) is 44.1 Å². The highest BCUT2D eigenvalue weighted by Gasteiger charge is 2.13. The number of carbonyl (C=O) groups is 2. The predicted molar refractivity (Wildman–Crippen MR) is 115 cm³/mol. The Morgan fingerprint density at radius 3 is 2.34 bits per heavy atom. The number of benzene rings is 2. The van der Waals surface area contributed by atoms with Gasteiger partial charge < -0.3 is 10.6 Å². The van der Waals surface area contributed by atoms with Crippen molar-refractivity contribution < 1.29 is 9.59 Å². The van der Waals surface area contributed by atoms with Crippen molar-refractivity contribution in [3.05, 3.63) is 94.8 Å². The van der Waals surface area contributed by atoms with E-state index in [0.717, 1.165) is 29.7 Å². The minimum atomic E-state index is -0.336. The molecule has 148 valence electrons. The fourth-order valence-electron chi connectivity index (χ4n) is 2.97. The average Bonchev–Trinajstić information content (AvgIpc) is 2.74. The van der Waals surface area contributed by atoms with E-state index in [0.29, 0.717) is 6.54 Å². The molecule has 0 bridgehead atoms. The van der Waals surface area contributed by atoms with Crippen molar-refractivity contribution in [3.8, 4) is 0 Å². The van der Waals surface area contributed by atoms with Crippen molar-refractivity contribution in [1.29, 1.82) is 0 Å². The van der Waals surface area contributed by atoms with E-state index in [1.54, 1.807) is 18.2 Å². The van der Waals surface area contributed by atoms with E-state index >= 15 is 0 Å². The maximum Gasteiger partial charge on any atom is 0.274 e. The van der Waals surface area contributed by atoms with E-state index < -0.39 is 0 Å². The number of rotatable bonds is 7. The lowest BCUT2D eigenvalue weighted by Gasteiger charge is -2.10. The number of nitrogens with one attached hydrogen (secondary N) is 2. The van der Waals surface area contributed by atoms with Gasteiger partial charge in [-0.1, -0.05) is 48.5 Å². The van der Waals surface area contributed by atoms with Crippen LogP contribution in [0.5, 0.6) is 0 Å². The smallest absolute Gasteiger partial charge is 0.274 e. The van der Waals surface area contributed by atoms with Gasteiger partial charge in [0, 0.05) is 12.2 Å². The van der Waals surface area contributed by atoms with Crippen LogP contribution in [0.2, 0.25) is 0 Å². The highest BCUT2D eigenvalue weighted by Crippen LogP contribution is 2.17. The van der Waals surface area contributed by atoms with E-state index in [1.165, 1.54) is 5.56 Å². The van der Waals surface area contributed by atoms with Crippen LogP contribution in [0.3, 0.4) is 0 Å². The van der Waals surface area contributed by atoms with Gasteiger partial charge in [0.15, 0.2) is 0 Å². The molecule has 0 unspecified atom stereocenters. The summed E-state index contributed by atoms with van der Waals surface area (Å²) in [5.41, 5.74) is 4.46. The van der Waals surface area contributed by atoms with Crippen molar-refractivity contribution >= 4 is 17.5 Å². The monoisotopic (exact) mass is 387 g/mol. The largest absolute Gasteiger partial charge is 0.351 e. The first kappa shape index (κ1) is 20.3. The minimum Gasteiger partial charge on any atom is -0.351 e. The first-order chi connectivity index (χ1) is 14.0. The van der Waals surface area contributed by atoms with Crippen LogP contribution >= 0.6 is 0 Å². The third-order valence-corrected chi connectivity index (χ3v) is 4.63. The molecule has 2 amide bonds. The summed E-state index contributed by atoms with van der Waals surface area (Å²) in [5, 5.41) is 5.74. The number of aromatic nitrogens is 1. The Morgan fingerprint density at radius 2 is 1.59 bits per heavy atom. The topological polar surface area (TPSA) is 71.1 Å². The van der Waals surface area contributed by atoms with Crippen molar-refractivity contribution in [2.75, 3.05) is 11.9 Å². The van der Waals surface area contributed by atoms with Crippen molar-refractivity contribution in [1.82, 2.24) is 10.3 Å². The first-order valence-corrected chi connectivity index (χ1v) is 9.71. The number of aryl methyl sites for hydroxylation is 3. The summed E-state index contributed by atoms with van der Waals surface area (Å²) in [5.74, 6) is -0.614. The second-order valence-electron chi connectivity index (χ2n) is 7.03. The summed E-state index contributed by atoms with van der Waals surface area (Å²) in [6.45, 7) is 4.45. The van der Waals surface area contributed by atoms with Gasteiger partial charge in [-0.2, -0.15) is 0 Å². The molecule has 0 spiro atoms. The number of anilines is 1. The molecule has 0 aliphatic heterocycles. The van der Waals surface area contributed by atoms with Crippen LogP contribution in [-0.2, 0) is 6.42 Å². The fourth-order valence-corrected chi connectivity index (χ4v) is 2.97. The molecule has 5 heteroatoms. The Labute approximate surface area is 171 Å². The van der Waals surface area contributed by atoms with Crippen LogP contribution in [0.25, 0.3) is 0 Å². The Balaban J connectivity index is 1.57. The van der Waals surface area contributed by atoms with Crippen LogP contribution in [0, 0.1) is 13.8 Å². The fraction of sp³-hybridized carbons (Fsp3) is 0.208. The van der Waals surface area contributed by atoms with Crippen molar-refractivity contribution in [3.63, 3.8) is 0 Å². The van der Waals surface area contributed by atoms with E-state index in [9.17, 15) is 9.59 Å². The molecule has 0 radical (unpaired) electrons. The Hall–Kier alpha value is -3.47. The zero-order chi connectivity index (χ0) is 20.6. The summed E-state index contributed by atoms with van der Waals surface area (Å²) in [7, 11) is 0. The lowest BCUT2D eigenvalue weighted by molar-refractivity contribution is 0.0948. The Bertz CT molecular complexity index is 1000. The first-order valence-electron chi connectivity index (χ1n) is 9.71. The maximum absolute atomic E-state index is 12.6. The minimum absolute atomic E-state index is 0.211. The second kappa shape index (κ2) is 9.64. The molecule has 0 aliphatic carbocycles. The highest BCUT2D eigenvalue weighted by molar-refractivity contribution is 6.04. The Kier molecular flexibility index (Phi) is 6.74. The molecule has 1 heterocycles. The number of hydrogen-bond acceptors (Lipinski definition) is 3. The third kappa shape index (κ3) is 5.75. The van der Waals surface area contributed by atoms with E-state index in [-0.39, 0.29) is 23.2 Å². The number of nitrogens with zero attached hydrogens (tertiary/aromatic N) is 1. The van der Waals surface area contributed by atoms with Gasteiger partial charge in [-0.05, 0) is 61.6 Å². The second-order valence-corrected chi connectivity index (χ2v) is 7.03. The summed E-state index contributed by atoms with van der Waals surface area (Å²) in [6.07, 6.45) is 1.73. The maximum atomic E-state index is 12.6. The van der Waals surface area contributed by atoms with E-state index in [1.807, 2.05) is 50.2 Å². The van der Waals surface area contributed by atoms with Gasteiger partial charge in [-0.3, -0.25) is 9.59 Å². The molecule has 2 aromatic carbocycles. The summed E-state index contributed by atoms with van der Waals surface area (Å²) in [6, 6.07) is 20.9. The van der Waals surface area contributed by atoms with Crippen molar-refractivity contribution in [2.45, 2.75) is 26.7 Å². The molecule has 3 aromatic rings. The van der Waals surface area contributed by atoms with Gasteiger partial charge in [-0.15, -0.1) is 0 Å². The van der Waals surface area contributed by atoms with E-state index in [4.69, 9.17) is 0 Å². The molecule has 0 fully saturated rings. The van der Waals surface area contributed by atoms with Gasteiger partial charge >= 0.3 is 0 Å². The molecule has 2 N–H and O–H groups in total. The normalized spacial score (nSPS) is 10.4. The standard InChI is InChI=1S/C24H25N3O2/c1-17-13-14-18(2)22(16-17)27-24(29)21-12-6-11-20(26-21)23(28)25-15-7-10-19-8-4-3-5-9-19/h3-6,8-9,11-14,16H,7,10,15H2,1-2H3,(H,25,28)(H,27,29). The molecule has 5 nitrogen and oxygen atoms in total. The molecule has 29 heavy (non-hydrogen) atoms. The number of carbonyl (C=O) groups excluding carboxylic acids is 2. The number of hydrogen-bond donors (Lipinski definition) is 2. The van der Waals surface area contributed by atoms with Crippen LogP contribution in [-0.4, -0.2) is 23.3 Å². The van der Waals surface area contributed by atoms with Crippen LogP contribution < -0.4 is 10.6 Å². The molecule has 1 aromatic heterocycles. The average molecular weight is 387 g/mol. The zero-order valence-corrected chi connectivity index (χ0v) is 16.7. The van der Waals surface area contributed by atoms with Gasteiger partial charge in [-0.25, -0.2) is 4.98 Å². The SMILES string of the molecule is Cc1ccc(C)c(NC(=O)c2cccc(C(=O)NCCCc3ccccc3)n2)c1. The number of pyridine rings is 1. The Morgan fingerprint density at radius 1 is 0.862 bits per heavy atom. The van der Waals surface area contributed by atoms with Gasteiger partial charge in [0.2, 0.25) is 0 Å². The van der Waals surface area contributed by atoms with Gasteiger partial charge in [0.05, 0.1) is 0 Å². The van der Waals surface area contributed by atoms with Gasteiger partial charge in [0.25, 0.3) is 11.8 Å². The van der Waals surface area contributed by atoms with Crippen LogP contribution in [0.15, 0.2) is 66.7 Å². The van der Waals surface area contributed by atoms with Crippen LogP contribution in [0.4, 0.5) is 5.69 Å². The quantitative estimate of drug-likeness (QED) is 0.593. The molecular formula is C24H25N3O2. The van der Waals surface area contributed by atoms with Crippen molar-refractivity contribution in [2.24, 2.45) is 0 Å². The molecule has 0 aliphatic rings. The summed E-state index contributed by atoms with van der Waals surface area (Å²) >= 11 is 0. The van der Waals surface area contributed by atoms with Gasteiger partial charge in [0.1, 0.15) is 11.4 Å². The molecule has 0 saturated heterocycles. The molecular weight excluding hydrogens is 362 g/mol. The third-order valence-electron chi connectivity index (χ3n) is 4.63. The molecule has 0 saturated carbocycles. The molecule has 0 atom stereocenters. The molecule has 3 rings (SSSR count). The zero-order valence-electron chi connectivity index (χ0n) is 16.7. The summed E-state index contributed by atoms with van der Waals surface area (Å²) in [4.78, 5) is 29.2. The van der Waals surface area contributed by atoms with E-state index in [2.05, 4.69) is 27.8 Å². The number of amides is 2.